The first-order chi connectivity index (χ1) is 8.00. The molecule has 3 nitrogen and oxygen atoms in total. The highest BCUT2D eigenvalue weighted by Gasteiger charge is 2.12. The van der Waals surface area contributed by atoms with Gasteiger partial charge in [0.25, 0.3) is 5.56 Å². The minimum absolute atomic E-state index is 0.00852. The SMILES string of the molecule is Cc1ccc(C(C)n2[nH]cc(C)c2=O)cc1Cl. The second-order valence-electron chi connectivity index (χ2n) is 4.32. The minimum atomic E-state index is -0.0469. The van der Waals surface area contributed by atoms with E-state index in [-0.39, 0.29) is 11.6 Å². The third kappa shape index (κ3) is 2.15. The minimum Gasteiger partial charge on any atom is -0.302 e. The van der Waals surface area contributed by atoms with Crippen molar-refractivity contribution in [3.8, 4) is 0 Å². The summed E-state index contributed by atoms with van der Waals surface area (Å²) in [4.78, 5) is 11.8. The van der Waals surface area contributed by atoms with Gasteiger partial charge in [-0.15, -0.1) is 0 Å². The van der Waals surface area contributed by atoms with Gasteiger partial charge >= 0.3 is 0 Å². The van der Waals surface area contributed by atoms with E-state index in [0.29, 0.717) is 0 Å². The molecule has 17 heavy (non-hydrogen) atoms. The van der Waals surface area contributed by atoms with Crippen molar-refractivity contribution in [1.82, 2.24) is 9.78 Å². The molecular weight excluding hydrogens is 236 g/mol. The second-order valence-corrected chi connectivity index (χ2v) is 4.72. The number of benzene rings is 1. The second kappa shape index (κ2) is 4.41. The van der Waals surface area contributed by atoms with Gasteiger partial charge in [0.15, 0.2) is 0 Å². The van der Waals surface area contributed by atoms with Gasteiger partial charge in [0.2, 0.25) is 0 Å². The average Bonchev–Trinajstić information content (AvgIpc) is 2.63. The maximum absolute atomic E-state index is 11.8. The van der Waals surface area contributed by atoms with Gasteiger partial charge in [0.1, 0.15) is 0 Å². The molecule has 1 N–H and O–H groups in total. The fraction of sp³-hybridized carbons (Fsp3) is 0.308. The Morgan fingerprint density at radius 3 is 2.53 bits per heavy atom. The van der Waals surface area contributed by atoms with E-state index in [1.54, 1.807) is 17.8 Å². The predicted molar refractivity (Wildman–Crippen MR) is 69.8 cm³/mol. The molecule has 2 aromatic rings. The molecule has 1 unspecified atom stereocenters. The fourth-order valence-electron chi connectivity index (χ4n) is 1.78. The molecule has 0 aliphatic heterocycles. The monoisotopic (exact) mass is 250 g/mol. The van der Waals surface area contributed by atoms with Crippen LogP contribution in [0.1, 0.15) is 29.7 Å². The standard InChI is InChI=1S/C13H15ClN2O/c1-8-4-5-11(6-12(8)14)10(3)16-13(17)9(2)7-15-16/h4-7,10,15H,1-3H3. The van der Waals surface area contributed by atoms with Crippen LogP contribution in [0.2, 0.25) is 5.02 Å². The van der Waals surface area contributed by atoms with Crippen molar-refractivity contribution in [2.75, 3.05) is 0 Å². The normalized spacial score (nSPS) is 12.7. The highest BCUT2D eigenvalue weighted by molar-refractivity contribution is 6.31. The number of hydrogen-bond acceptors (Lipinski definition) is 1. The Bertz CT molecular complexity index is 598. The van der Waals surface area contributed by atoms with Crippen molar-refractivity contribution < 1.29 is 0 Å². The van der Waals surface area contributed by atoms with Crippen LogP contribution < -0.4 is 5.56 Å². The molecule has 0 bridgehead atoms. The van der Waals surface area contributed by atoms with Gasteiger partial charge in [-0.05, 0) is 38.0 Å². The highest BCUT2D eigenvalue weighted by Crippen LogP contribution is 2.22. The fourth-order valence-corrected chi connectivity index (χ4v) is 1.97. The van der Waals surface area contributed by atoms with E-state index in [1.165, 1.54) is 0 Å². The molecule has 2 rings (SSSR count). The first kappa shape index (κ1) is 12.0. The van der Waals surface area contributed by atoms with Gasteiger partial charge in [-0.2, -0.15) is 0 Å². The van der Waals surface area contributed by atoms with Crippen LogP contribution in [0.5, 0.6) is 0 Å². The van der Waals surface area contributed by atoms with Crippen molar-refractivity contribution in [3.05, 3.63) is 56.5 Å². The molecule has 1 aromatic heterocycles. The Morgan fingerprint density at radius 1 is 1.29 bits per heavy atom. The lowest BCUT2D eigenvalue weighted by Gasteiger charge is -2.13. The van der Waals surface area contributed by atoms with Crippen LogP contribution >= 0.6 is 11.6 Å². The summed E-state index contributed by atoms with van der Waals surface area (Å²) in [5.74, 6) is 0. The maximum atomic E-state index is 11.8. The molecule has 0 aliphatic rings. The Balaban J connectivity index is 2.43. The van der Waals surface area contributed by atoms with Crippen molar-refractivity contribution in [3.63, 3.8) is 0 Å². The summed E-state index contributed by atoms with van der Waals surface area (Å²) in [5, 5.41) is 3.69. The molecule has 0 fully saturated rings. The van der Waals surface area contributed by atoms with E-state index in [4.69, 9.17) is 11.6 Å². The number of nitrogens with zero attached hydrogens (tertiary/aromatic N) is 1. The van der Waals surface area contributed by atoms with Gasteiger partial charge in [-0.3, -0.25) is 4.79 Å². The lowest BCUT2D eigenvalue weighted by molar-refractivity contribution is 0.547. The third-order valence-corrected chi connectivity index (χ3v) is 3.45. The largest absolute Gasteiger partial charge is 0.302 e. The van der Waals surface area contributed by atoms with Gasteiger partial charge in [-0.25, -0.2) is 4.68 Å². The molecule has 0 amide bonds. The van der Waals surface area contributed by atoms with Gasteiger partial charge in [-0.1, -0.05) is 23.7 Å². The van der Waals surface area contributed by atoms with E-state index in [9.17, 15) is 4.79 Å². The van der Waals surface area contributed by atoms with Crippen LogP contribution in [0.15, 0.2) is 29.2 Å². The van der Waals surface area contributed by atoms with Crippen LogP contribution in [0, 0.1) is 13.8 Å². The zero-order valence-electron chi connectivity index (χ0n) is 10.1. The number of nitrogens with one attached hydrogen (secondary N) is 1. The summed E-state index contributed by atoms with van der Waals surface area (Å²) in [6.07, 6.45) is 1.72. The van der Waals surface area contributed by atoms with Crippen LogP contribution in [-0.2, 0) is 0 Å². The Morgan fingerprint density at radius 2 is 2.00 bits per heavy atom. The Labute approximate surface area is 105 Å². The number of aryl methyl sites for hydroxylation is 2. The topological polar surface area (TPSA) is 37.8 Å². The summed E-state index contributed by atoms with van der Waals surface area (Å²) in [5.41, 5.74) is 2.78. The summed E-state index contributed by atoms with van der Waals surface area (Å²) in [6, 6.07) is 5.82. The summed E-state index contributed by atoms with van der Waals surface area (Å²) < 4.78 is 1.61. The third-order valence-electron chi connectivity index (χ3n) is 3.04. The molecule has 1 aromatic carbocycles. The summed E-state index contributed by atoms with van der Waals surface area (Å²) >= 11 is 6.09. The van der Waals surface area contributed by atoms with Crippen LogP contribution in [0.25, 0.3) is 0 Å². The van der Waals surface area contributed by atoms with E-state index in [0.717, 1.165) is 21.7 Å². The lowest BCUT2D eigenvalue weighted by atomic mass is 10.1. The first-order valence-electron chi connectivity index (χ1n) is 5.53. The summed E-state index contributed by atoms with van der Waals surface area (Å²) in [7, 11) is 0. The molecule has 0 saturated carbocycles. The molecule has 0 aliphatic carbocycles. The predicted octanol–water partition coefficient (Wildman–Crippen LogP) is 3.06. The first-order valence-corrected chi connectivity index (χ1v) is 5.91. The number of H-pyrrole nitrogens is 1. The number of halogens is 1. The number of aromatic nitrogens is 2. The quantitative estimate of drug-likeness (QED) is 0.874. The van der Waals surface area contributed by atoms with Crippen LogP contribution in [0.4, 0.5) is 0 Å². The number of rotatable bonds is 2. The van der Waals surface area contributed by atoms with E-state index in [2.05, 4.69) is 5.10 Å². The van der Waals surface area contributed by atoms with E-state index < -0.39 is 0 Å². The number of hydrogen-bond donors (Lipinski definition) is 1. The highest BCUT2D eigenvalue weighted by atomic mass is 35.5. The maximum Gasteiger partial charge on any atom is 0.269 e. The molecule has 0 saturated heterocycles. The van der Waals surface area contributed by atoms with Crippen LogP contribution in [-0.4, -0.2) is 9.78 Å². The summed E-state index contributed by atoms with van der Waals surface area (Å²) in [6.45, 7) is 5.73. The number of aromatic amines is 1. The molecular formula is C13H15ClN2O. The Kier molecular flexibility index (Phi) is 3.11. The molecule has 1 heterocycles. The van der Waals surface area contributed by atoms with Crippen molar-refractivity contribution in [2.45, 2.75) is 26.8 Å². The average molecular weight is 251 g/mol. The smallest absolute Gasteiger partial charge is 0.269 e. The van der Waals surface area contributed by atoms with Crippen molar-refractivity contribution >= 4 is 11.6 Å². The molecule has 90 valence electrons. The lowest BCUT2D eigenvalue weighted by Crippen LogP contribution is -2.22. The molecule has 0 spiro atoms. The molecule has 0 radical (unpaired) electrons. The zero-order chi connectivity index (χ0) is 12.6. The Hall–Kier alpha value is -1.48. The van der Waals surface area contributed by atoms with Crippen molar-refractivity contribution in [2.24, 2.45) is 0 Å². The van der Waals surface area contributed by atoms with Crippen LogP contribution in [0.3, 0.4) is 0 Å². The molecule has 1 atom stereocenters. The van der Waals surface area contributed by atoms with Gasteiger partial charge in [0, 0.05) is 16.8 Å². The molecule has 4 heteroatoms. The van der Waals surface area contributed by atoms with Crippen molar-refractivity contribution in [1.29, 1.82) is 0 Å². The van der Waals surface area contributed by atoms with E-state index in [1.807, 2.05) is 32.0 Å². The van der Waals surface area contributed by atoms with E-state index >= 15 is 0 Å². The van der Waals surface area contributed by atoms with Gasteiger partial charge < -0.3 is 5.10 Å². The zero-order valence-corrected chi connectivity index (χ0v) is 10.9. The van der Waals surface area contributed by atoms with Gasteiger partial charge in [0.05, 0.1) is 6.04 Å².